The number of carbonyl (C=O) groups excluding carboxylic acids is 2. The molecule has 8 nitrogen and oxygen atoms in total. The number of anilines is 1. The van der Waals surface area contributed by atoms with Crippen LogP contribution in [0.2, 0.25) is 0 Å². The minimum atomic E-state index is -0.183. The fourth-order valence-electron chi connectivity index (χ4n) is 2.83. The molecule has 150 valence electrons. The highest BCUT2D eigenvalue weighted by atomic mass is 32.2. The van der Waals surface area contributed by atoms with Crippen molar-refractivity contribution in [3.8, 4) is 5.69 Å². The van der Waals surface area contributed by atoms with Crippen LogP contribution in [-0.4, -0.2) is 56.8 Å². The van der Waals surface area contributed by atoms with Crippen molar-refractivity contribution < 1.29 is 9.59 Å². The lowest BCUT2D eigenvalue weighted by molar-refractivity contribution is -0.113. The van der Waals surface area contributed by atoms with Crippen LogP contribution in [0.3, 0.4) is 0 Å². The number of rotatable bonds is 6. The van der Waals surface area contributed by atoms with Gasteiger partial charge in [-0.3, -0.25) is 9.59 Å². The number of nitrogens with one attached hydrogen (secondary N) is 1. The first kappa shape index (κ1) is 20.5. The quantitative estimate of drug-likeness (QED) is 0.628. The minimum absolute atomic E-state index is 0.0863. The highest BCUT2D eigenvalue weighted by Crippen LogP contribution is 2.23. The fourth-order valence-corrected chi connectivity index (χ4v) is 3.51. The van der Waals surface area contributed by atoms with Crippen molar-refractivity contribution in [3.05, 3.63) is 59.2 Å². The number of benzene rings is 2. The third kappa shape index (κ3) is 4.80. The summed E-state index contributed by atoms with van der Waals surface area (Å²) < 4.78 is 1.66. The molecule has 9 heteroatoms. The van der Waals surface area contributed by atoms with Crippen LogP contribution >= 0.6 is 11.8 Å². The fraction of sp³-hybridized carbons (Fsp3) is 0.250. The van der Waals surface area contributed by atoms with Crippen molar-refractivity contribution in [2.45, 2.75) is 19.0 Å². The van der Waals surface area contributed by atoms with E-state index in [-0.39, 0.29) is 17.6 Å². The van der Waals surface area contributed by atoms with Crippen LogP contribution in [0, 0.1) is 13.8 Å². The van der Waals surface area contributed by atoms with Crippen LogP contribution < -0.4 is 5.32 Å². The van der Waals surface area contributed by atoms with E-state index in [0.29, 0.717) is 16.4 Å². The lowest BCUT2D eigenvalue weighted by Crippen LogP contribution is -2.21. The van der Waals surface area contributed by atoms with Crippen molar-refractivity contribution in [1.82, 2.24) is 25.1 Å². The summed E-state index contributed by atoms with van der Waals surface area (Å²) in [6.07, 6.45) is 0. The summed E-state index contributed by atoms with van der Waals surface area (Å²) in [5, 5.41) is 15.2. The topological polar surface area (TPSA) is 93.0 Å². The Hall–Kier alpha value is -3.20. The molecule has 2 aromatic carbocycles. The predicted molar refractivity (Wildman–Crippen MR) is 112 cm³/mol. The molecule has 0 saturated heterocycles. The van der Waals surface area contributed by atoms with E-state index >= 15 is 0 Å². The van der Waals surface area contributed by atoms with E-state index in [4.69, 9.17) is 0 Å². The standard InChI is InChI=1S/C20H22N6O2S/c1-13-6-5-7-14(2)18(13)26-20(22-23-24-26)29-12-17(27)21-16-10-8-15(9-11-16)19(28)25(3)4/h5-11H,12H2,1-4H3,(H,21,27). The Labute approximate surface area is 173 Å². The lowest BCUT2D eigenvalue weighted by atomic mass is 10.1. The number of aromatic nitrogens is 4. The van der Waals surface area contributed by atoms with E-state index in [2.05, 4.69) is 20.8 Å². The zero-order valence-corrected chi connectivity index (χ0v) is 17.5. The average molecular weight is 411 g/mol. The van der Waals surface area contributed by atoms with E-state index in [1.165, 1.54) is 16.7 Å². The first-order chi connectivity index (χ1) is 13.9. The van der Waals surface area contributed by atoms with Gasteiger partial charge < -0.3 is 10.2 Å². The monoisotopic (exact) mass is 410 g/mol. The number of thioether (sulfide) groups is 1. The Morgan fingerprint density at radius 3 is 2.34 bits per heavy atom. The maximum absolute atomic E-state index is 12.3. The molecule has 0 fully saturated rings. The van der Waals surface area contributed by atoms with Gasteiger partial charge >= 0.3 is 0 Å². The van der Waals surface area contributed by atoms with E-state index < -0.39 is 0 Å². The van der Waals surface area contributed by atoms with Crippen LogP contribution in [0.4, 0.5) is 5.69 Å². The first-order valence-electron chi connectivity index (χ1n) is 8.96. The molecule has 0 spiro atoms. The van der Waals surface area contributed by atoms with Gasteiger partial charge in [0.1, 0.15) is 0 Å². The van der Waals surface area contributed by atoms with Gasteiger partial charge in [-0.15, -0.1) is 5.10 Å². The van der Waals surface area contributed by atoms with Crippen LogP contribution in [0.5, 0.6) is 0 Å². The zero-order chi connectivity index (χ0) is 21.0. The molecule has 29 heavy (non-hydrogen) atoms. The average Bonchev–Trinajstić information content (AvgIpc) is 3.14. The maximum atomic E-state index is 12.3. The Morgan fingerprint density at radius 2 is 1.72 bits per heavy atom. The minimum Gasteiger partial charge on any atom is -0.345 e. The number of hydrogen-bond acceptors (Lipinski definition) is 6. The molecule has 1 heterocycles. The smallest absolute Gasteiger partial charge is 0.253 e. The van der Waals surface area contributed by atoms with Gasteiger partial charge in [0.15, 0.2) is 0 Å². The van der Waals surface area contributed by atoms with Gasteiger partial charge in [-0.05, 0) is 59.7 Å². The summed E-state index contributed by atoms with van der Waals surface area (Å²) >= 11 is 1.26. The molecule has 0 aliphatic heterocycles. The summed E-state index contributed by atoms with van der Waals surface area (Å²) in [7, 11) is 3.39. The van der Waals surface area contributed by atoms with E-state index in [0.717, 1.165) is 16.8 Å². The molecule has 0 aliphatic carbocycles. The third-order valence-corrected chi connectivity index (χ3v) is 5.17. The number of carbonyl (C=O) groups is 2. The molecular weight excluding hydrogens is 388 g/mol. The number of para-hydroxylation sites is 1. The van der Waals surface area contributed by atoms with Crippen molar-refractivity contribution in [2.24, 2.45) is 0 Å². The van der Waals surface area contributed by atoms with Gasteiger partial charge in [0.05, 0.1) is 11.4 Å². The summed E-state index contributed by atoms with van der Waals surface area (Å²) in [5.74, 6) is -0.113. The Balaban J connectivity index is 1.64. The van der Waals surface area contributed by atoms with Gasteiger partial charge in [0.2, 0.25) is 11.1 Å². The van der Waals surface area contributed by atoms with Crippen molar-refractivity contribution in [1.29, 1.82) is 0 Å². The first-order valence-corrected chi connectivity index (χ1v) is 9.94. The third-order valence-electron chi connectivity index (χ3n) is 4.25. The molecule has 0 aliphatic rings. The van der Waals surface area contributed by atoms with Crippen molar-refractivity contribution in [3.63, 3.8) is 0 Å². The summed E-state index contributed by atoms with van der Waals surface area (Å²) in [6.45, 7) is 3.99. The highest BCUT2D eigenvalue weighted by molar-refractivity contribution is 7.99. The van der Waals surface area contributed by atoms with E-state index in [1.807, 2.05) is 32.0 Å². The van der Waals surface area contributed by atoms with Crippen LogP contribution in [0.1, 0.15) is 21.5 Å². The van der Waals surface area contributed by atoms with Crippen LogP contribution in [0.15, 0.2) is 47.6 Å². The summed E-state index contributed by atoms with van der Waals surface area (Å²) in [6, 6.07) is 12.8. The second-order valence-electron chi connectivity index (χ2n) is 6.73. The normalized spacial score (nSPS) is 10.6. The predicted octanol–water partition coefficient (Wildman–Crippen LogP) is 2.71. The Bertz CT molecular complexity index is 1010. The number of nitrogens with zero attached hydrogens (tertiary/aromatic N) is 5. The molecule has 3 aromatic rings. The van der Waals surface area contributed by atoms with Crippen molar-refractivity contribution in [2.75, 3.05) is 25.2 Å². The molecule has 2 amide bonds. The lowest BCUT2D eigenvalue weighted by Gasteiger charge is -2.11. The van der Waals surface area contributed by atoms with E-state index in [1.54, 1.807) is 43.0 Å². The van der Waals surface area contributed by atoms with Crippen LogP contribution in [-0.2, 0) is 4.79 Å². The molecule has 0 bridgehead atoms. The maximum Gasteiger partial charge on any atom is 0.253 e. The van der Waals surface area contributed by atoms with E-state index in [9.17, 15) is 9.59 Å². The summed E-state index contributed by atoms with van der Waals surface area (Å²) in [4.78, 5) is 25.8. The molecule has 0 saturated carbocycles. The molecule has 0 unspecified atom stereocenters. The number of hydrogen-bond donors (Lipinski definition) is 1. The molecule has 1 aromatic heterocycles. The highest BCUT2D eigenvalue weighted by Gasteiger charge is 2.15. The van der Waals surface area contributed by atoms with Gasteiger partial charge in [-0.25, -0.2) is 0 Å². The molecule has 0 atom stereocenters. The van der Waals surface area contributed by atoms with Crippen molar-refractivity contribution >= 4 is 29.3 Å². The number of amides is 2. The Morgan fingerprint density at radius 1 is 1.07 bits per heavy atom. The molecular formula is C20H22N6O2S. The second-order valence-corrected chi connectivity index (χ2v) is 7.67. The number of aryl methyl sites for hydroxylation is 2. The Kier molecular flexibility index (Phi) is 6.28. The summed E-state index contributed by atoms with van der Waals surface area (Å²) in [5.41, 5.74) is 4.21. The molecule has 0 radical (unpaired) electrons. The van der Waals surface area contributed by atoms with Gasteiger partial charge in [0, 0.05) is 25.3 Å². The number of tetrazole rings is 1. The molecule has 1 N–H and O–H groups in total. The largest absolute Gasteiger partial charge is 0.345 e. The van der Waals surface area contributed by atoms with Gasteiger partial charge in [-0.2, -0.15) is 4.68 Å². The van der Waals surface area contributed by atoms with Crippen LogP contribution in [0.25, 0.3) is 5.69 Å². The van der Waals surface area contributed by atoms with Gasteiger partial charge in [-0.1, -0.05) is 30.0 Å². The van der Waals surface area contributed by atoms with Gasteiger partial charge in [0.25, 0.3) is 5.91 Å². The molecule has 3 rings (SSSR count). The zero-order valence-electron chi connectivity index (χ0n) is 16.7. The SMILES string of the molecule is Cc1cccc(C)c1-n1nnnc1SCC(=O)Nc1ccc(C(=O)N(C)C)cc1. The second kappa shape index (κ2) is 8.87.